The quantitative estimate of drug-likeness (QED) is 0.435. The van der Waals surface area contributed by atoms with Crippen molar-refractivity contribution < 1.29 is 28.7 Å². The predicted octanol–water partition coefficient (Wildman–Crippen LogP) is 2.27. The fourth-order valence-electron chi connectivity index (χ4n) is 2.84. The van der Waals surface area contributed by atoms with E-state index in [1.165, 1.54) is 14.2 Å². The molecule has 1 unspecified atom stereocenters. The van der Waals surface area contributed by atoms with Gasteiger partial charge in [0.15, 0.2) is 0 Å². The molecule has 0 aliphatic heterocycles. The number of benzene rings is 2. The van der Waals surface area contributed by atoms with Crippen LogP contribution < -0.4 is 10.6 Å². The van der Waals surface area contributed by atoms with Crippen molar-refractivity contribution in [1.29, 1.82) is 0 Å². The Hall–Kier alpha value is -3.94. The van der Waals surface area contributed by atoms with Crippen LogP contribution in [0.25, 0.3) is 0 Å². The molecule has 0 saturated carbocycles. The zero-order valence-corrected chi connectivity index (χ0v) is 17.9. The molecule has 2 aromatic carbocycles. The number of hydrogen-bond donors (Lipinski definition) is 2. The largest absolute Gasteiger partial charge is 0.467 e. The highest BCUT2D eigenvalue weighted by Crippen LogP contribution is 2.06. The lowest BCUT2D eigenvalue weighted by atomic mass is 10.1. The molecule has 8 heteroatoms. The molecule has 0 aromatic heterocycles. The van der Waals surface area contributed by atoms with Gasteiger partial charge < -0.3 is 20.1 Å². The van der Waals surface area contributed by atoms with Gasteiger partial charge in [0.1, 0.15) is 12.1 Å². The number of esters is 2. The van der Waals surface area contributed by atoms with E-state index in [0.29, 0.717) is 11.1 Å². The average Bonchev–Trinajstić information content (AvgIpc) is 2.84. The van der Waals surface area contributed by atoms with Gasteiger partial charge in [-0.1, -0.05) is 48.6 Å². The molecule has 2 rings (SSSR count). The first kappa shape index (κ1) is 24.3. The Balaban J connectivity index is 1.99. The summed E-state index contributed by atoms with van der Waals surface area (Å²) < 4.78 is 9.53. The smallest absolute Gasteiger partial charge is 0.328 e. The SMILES string of the molecule is COC(=O)C(C/C=C/C[C@H](NC(=O)c1ccccc1)C(=O)OC)NC(=O)c1ccccc1. The summed E-state index contributed by atoms with van der Waals surface area (Å²) in [5.74, 6) is -2.00. The maximum absolute atomic E-state index is 12.3. The maximum atomic E-state index is 12.3. The highest BCUT2D eigenvalue weighted by Gasteiger charge is 2.22. The summed E-state index contributed by atoms with van der Waals surface area (Å²) in [6, 6.07) is 15.2. The monoisotopic (exact) mass is 438 g/mol. The minimum Gasteiger partial charge on any atom is -0.467 e. The molecule has 0 saturated heterocycles. The second-order valence-corrected chi connectivity index (χ2v) is 6.77. The van der Waals surface area contributed by atoms with Crippen LogP contribution in [-0.2, 0) is 19.1 Å². The molecular weight excluding hydrogens is 412 g/mol. The van der Waals surface area contributed by atoms with Crippen molar-refractivity contribution in [2.75, 3.05) is 14.2 Å². The zero-order chi connectivity index (χ0) is 23.3. The summed E-state index contributed by atoms with van der Waals surface area (Å²) in [6.07, 6.45) is 3.56. The zero-order valence-electron chi connectivity index (χ0n) is 17.9. The van der Waals surface area contributed by atoms with Gasteiger partial charge in [-0.05, 0) is 37.1 Å². The standard InChI is InChI=1S/C24H26N2O6/c1-31-23(29)19(25-21(27)17-11-5-3-6-12-17)15-9-10-16-20(24(30)32-2)26-22(28)18-13-7-4-8-14-18/h3-14,19-20H,15-16H2,1-2H3,(H,25,27)(H,26,28)/b10-9+/t19-,20?/m0/s1. The lowest BCUT2D eigenvalue weighted by molar-refractivity contribution is -0.143. The molecule has 168 valence electrons. The third kappa shape index (κ3) is 7.39. The fraction of sp³-hybridized carbons (Fsp3) is 0.250. The second-order valence-electron chi connectivity index (χ2n) is 6.77. The Morgan fingerprint density at radius 1 is 0.688 bits per heavy atom. The van der Waals surface area contributed by atoms with Gasteiger partial charge in [-0.25, -0.2) is 9.59 Å². The van der Waals surface area contributed by atoms with Crippen LogP contribution in [0.3, 0.4) is 0 Å². The summed E-state index contributed by atoms with van der Waals surface area (Å²) in [5.41, 5.74) is 0.833. The van der Waals surface area contributed by atoms with Crippen molar-refractivity contribution in [2.24, 2.45) is 0 Å². The molecule has 2 aromatic rings. The van der Waals surface area contributed by atoms with Gasteiger partial charge in [0.2, 0.25) is 0 Å². The van der Waals surface area contributed by atoms with Crippen LogP contribution in [-0.4, -0.2) is 50.1 Å². The molecule has 2 amide bonds. The highest BCUT2D eigenvalue weighted by atomic mass is 16.5. The number of rotatable bonds is 10. The van der Waals surface area contributed by atoms with Crippen molar-refractivity contribution in [1.82, 2.24) is 10.6 Å². The molecule has 2 atom stereocenters. The molecule has 0 radical (unpaired) electrons. The van der Waals surface area contributed by atoms with Crippen molar-refractivity contribution in [3.05, 3.63) is 83.9 Å². The van der Waals surface area contributed by atoms with Gasteiger partial charge in [-0.2, -0.15) is 0 Å². The number of carbonyl (C=O) groups excluding carboxylic acids is 4. The Morgan fingerprint density at radius 2 is 1.03 bits per heavy atom. The number of hydrogen-bond acceptors (Lipinski definition) is 6. The van der Waals surface area contributed by atoms with Gasteiger partial charge in [-0.3, -0.25) is 9.59 Å². The molecular formula is C24H26N2O6. The van der Waals surface area contributed by atoms with Gasteiger partial charge in [0.25, 0.3) is 11.8 Å². The van der Waals surface area contributed by atoms with Crippen molar-refractivity contribution >= 4 is 23.8 Å². The van der Waals surface area contributed by atoms with E-state index in [4.69, 9.17) is 9.47 Å². The van der Waals surface area contributed by atoms with Crippen molar-refractivity contribution in [2.45, 2.75) is 24.9 Å². The molecule has 0 aliphatic rings. The third-order valence-corrected chi connectivity index (χ3v) is 4.56. The summed E-state index contributed by atoms with van der Waals surface area (Å²) in [5, 5.41) is 5.27. The Kier molecular flexibility index (Phi) is 9.65. The lowest BCUT2D eigenvalue weighted by Gasteiger charge is -2.16. The predicted molar refractivity (Wildman–Crippen MR) is 118 cm³/mol. The van der Waals surface area contributed by atoms with Gasteiger partial charge in [0, 0.05) is 11.1 Å². The highest BCUT2D eigenvalue weighted by molar-refractivity contribution is 5.97. The van der Waals surface area contributed by atoms with E-state index in [1.807, 2.05) is 0 Å². The lowest BCUT2D eigenvalue weighted by Crippen LogP contribution is -2.41. The fourth-order valence-corrected chi connectivity index (χ4v) is 2.84. The average molecular weight is 438 g/mol. The summed E-state index contributed by atoms with van der Waals surface area (Å²) in [7, 11) is 2.47. The van der Waals surface area contributed by atoms with E-state index < -0.39 is 35.8 Å². The van der Waals surface area contributed by atoms with Crippen LogP contribution in [0.5, 0.6) is 0 Å². The minimum absolute atomic E-state index is 0.145. The Labute approximate surface area is 186 Å². The number of amides is 2. The van der Waals surface area contributed by atoms with Crippen LogP contribution in [0.1, 0.15) is 33.6 Å². The van der Waals surface area contributed by atoms with Crippen LogP contribution in [0.4, 0.5) is 0 Å². The van der Waals surface area contributed by atoms with E-state index in [2.05, 4.69) is 10.6 Å². The molecule has 0 aliphatic carbocycles. The first-order valence-electron chi connectivity index (χ1n) is 9.98. The number of ether oxygens (including phenoxy) is 2. The molecule has 0 fully saturated rings. The summed E-state index contributed by atoms with van der Waals surface area (Å²) >= 11 is 0. The van der Waals surface area contributed by atoms with E-state index >= 15 is 0 Å². The molecule has 0 bridgehead atoms. The first-order chi connectivity index (χ1) is 15.5. The molecule has 2 N–H and O–H groups in total. The number of carbonyl (C=O) groups is 4. The molecule has 8 nitrogen and oxygen atoms in total. The second kappa shape index (κ2) is 12.7. The summed E-state index contributed by atoms with van der Waals surface area (Å²) in [4.78, 5) is 48.8. The number of nitrogens with one attached hydrogen (secondary N) is 2. The van der Waals surface area contributed by atoms with E-state index in [1.54, 1.807) is 72.8 Å². The van der Waals surface area contributed by atoms with Gasteiger partial charge in [0.05, 0.1) is 14.2 Å². The maximum Gasteiger partial charge on any atom is 0.328 e. The van der Waals surface area contributed by atoms with E-state index in [0.717, 1.165) is 0 Å². The van der Waals surface area contributed by atoms with Gasteiger partial charge in [-0.15, -0.1) is 0 Å². The molecule has 0 heterocycles. The third-order valence-electron chi connectivity index (χ3n) is 4.56. The Bertz CT molecular complexity index is 866. The van der Waals surface area contributed by atoms with E-state index in [-0.39, 0.29) is 12.8 Å². The normalized spacial score (nSPS) is 12.4. The van der Waals surface area contributed by atoms with Crippen LogP contribution >= 0.6 is 0 Å². The number of methoxy groups -OCH3 is 2. The van der Waals surface area contributed by atoms with Gasteiger partial charge >= 0.3 is 11.9 Å². The van der Waals surface area contributed by atoms with Crippen LogP contribution in [0, 0.1) is 0 Å². The van der Waals surface area contributed by atoms with Crippen LogP contribution in [0.15, 0.2) is 72.8 Å². The van der Waals surface area contributed by atoms with Crippen molar-refractivity contribution in [3.8, 4) is 0 Å². The van der Waals surface area contributed by atoms with Crippen LogP contribution in [0.2, 0.25) is 0 Å². The molecule has 32 heavy (non-hydrogen) atoms. The summed E-state index contributed by atoms with van der Waals surface area (Å²) in [6.45, 7) is 0. The van der Waals surface area contributed by atoms with E-state index in [9.17, 15) is 19.2 Å². The first-order valence-corrected chi connectivity index (χ1v) is 9.98. The minimum atomic E-state index is -0.903. The Morgan fingerprint density at radius 3 is 1.34 bits per heavy atom. The topological polar surface area (TPSA) is 111 Å². The molecule has 0 spiro atoms. The van der Waals surface area contributed by atoms with Crippen molar-refractivity contribution in [3.63, 3.8) is 0 Å².